The lowest BCUT2D eigenvalue weighted by molar-refractivity contribution is 0.102. The van der Waals surface area contributed by atoms with Crippen LogP contribution in [-0.2, 0) is 0 Å². The molecule has 0 unspecified atom stereocenters. The molecule has 6 nitrogen and oxygen atoms in total. The van der Waals surface area contributed by atoms with Gasteiger partial charge in [0, 0.05) is 17.1 Å². The fourth-order valence-corrected chi connectivity index (χ4v) is 2.30. The molecule has 2 heterocycles. The number of fused-ring (bicyclic) bond motifs is 1. The predicted molar refractivity (Wildman–Crippen MR) is 90.6 cm³/mol. The number of anilines is 1. The fraction of sp³-hybridized carbons (Fsp3) is 0.167. The molecule has 0 saturated heterocycles. The summed E-state index contributed by atoms with van der Waals surface area (Å²) < 4.78 is 10.6. The number of nitrogens with one attached hydrogen (secondary N) is 1. The highest BCUT2D eigenvalue weighted by molar-refractivity contribution is 6.05. The van der Waals surface area contributed by atoms with Gasteiger partial charge in [-0.2, -0.15) is 0 Å². The average molecular weight is 324 g/mol. The first-order chi connectivity index (χ1) is 11.6. The van der Waals surface area contributed by atoms with Crippen molar-refractivity contribution in [2.45, 2.75) is 13.8 Å². The summed E-state index contributed by atoms with van der Waals surface area (Å²) in [6.45, 7) is 4.20. The van der Waals surface area contributed by atoms with Crippen molar-refractivity contribution in [2.24, 2.45) is 0 Å². The molecule has 0 aliphatic heterocycles. The Kier molecular flexibility index (Phi) is 4.29. The zero-order chi connectivity index (χ0) is 17.1. The van der Waals surface area contributed by atoms with Gasteiger partial charge in [0.1, 0.15) is 22.7 Å². The Morgan fingerprint density at radius 2 is 2.08 bits per heavy atom. The number of hydrogen-bond donors (Lipinski definition) is 1. The van der Waals surface area contributed by atoms with Crippen molar-refractivity contribution in [3.63, 3.8) is 0 Å². The summed E-state index contributed by atoms with van der Waals surface area (Å²) in [7, 11) is 0. The number of benzene rings is 1. The van der Waals surface area contributed by atoms with Crippen molar-refractivity contribution in [3.05, 3.63) is 64.1 Å². The Bertz CT molecular complexity index is 963. The smallest absolute Gasteiger partial charge is 0.349 e. The van der Waals surface area contributed by atoms with Crippen molar-refractivity contribution in [2.75, 3.05) is 11.9 Å². The van der Waals surface area contributed by atoms with Gasteiger partial charge in [-0.3, -0.25) is 4.79 Å². The van der Waals surface area contributed by atoms with E-state index in [-0.39, 0.29) is 5.56 Å². The van der Waals surface area contributed by atoms with Crippen LogP contribution in [0.15, 0.2) is 51.7 Å². The number of carbonyl (C=O) groups is 1. The van der Waals surface area contributed by atoms with Gasteiger partial charge in [-0.05, 0) is 44.2 Å². The molecular formula is C18H16N2O4. The SMILES string of the molecule is CCOc1ccc2cc(C(=O)Nc3cccc(C)n3)c(=O)oc2c1. The second kappa shape index (κ2) is 6.54. The molecule has 0 bridgehead atoms. The number of carbonyl (C=O) groups excluding carboxylic acids is 1. The van der Waals surface area contributed by atoms with Crippen LogP contribution in [0.1, 0.15) is 23.0 Å². The summed E-state index contributed by atoms with van der Waals surface area (Å²) in [5.74, 6) is 0.429. The van der Waals surface area contributed by atoms with E-state index in [0.29, 0.717) is 29.1 Å². The lowest BCUT2D eigenvalue weighted by atomic mass is 10.1. The predicted octanol–water partition coefficient (Wildman–Crippen LogP) is 3.15. The highest BCUT2D eigenvalue weighted by atomic mass is 16.5. The van der Waals surface area contributed by atoms with E-state index in [1.807, 2.05) is 19.9 Å². The monoisotopic (exact) mass is 324 g/mol. The Labute approximate surface area is 138 Å². The van der Waals surface area contributed by atoms with E-state index in [1.165, 1.54) is 6.07 Å². The average Bonchev–Trinajstić information content (AvgIpc) is 2.54. The summed E-state index contributed by atoms with van der Waals surface area (Å²) in [5, 5.41) is 3.24. The number of amides is 1. The number of nitrogens with zero attached hydrogens (tertiary/aromatic N) is 1. The van der Waals surface area contributed by atoms with Crippen LogP contribution in [0, 0.1) is 6.92 Å². The van der Waals surface area contributed by atoms with Crippen LogP contribution in [-0.4, -0.2) is 17.5 Å². The number of hydrogen-bond acceptors (Lipinski definition) is 5. The van der Waals surface area contributed by atoms with Crippen molar-refractivity contribution < 1.29 is 13.9 Å². The van der Waals surface area contributed by atoms with Gasteiger partial charge >= 0.3 is 5.63 Å². The molecule has 1 aromatic carbocycles. The zero-order valence-electron chi connectivity index (χ0n) is 13.3. The molecule has 0 spiro atoms. The molecule has 122 valence electrons. The van der Waals surface area contributed by atoms with Crippen molar-refractivity contribution in [3.8, 4) is 5.75 Å². The molecule has 3 aromatic rings. The van der Waals surface area contributed by atoms with Gasteiger partial charge in [-0.15, -0.1) is 0 Å². The Hall–Kier alpha value is -3.15. The molecule has 1 amide bonds. The molecule has 24 heavy (non-hydrogen) atoms. The minimum Gasteiger partial charge on any atom is -0.494 e. The van der Waals surface area contributed by atoms with E-state index < -0.39 is 11.5 Å². The first-order valence-electron chi connectivity index (χ1n) is 7.52. The summed E-state index contributed by atoms with van der Waals surface area (Å²) in [4.78, 5) is 28.6. The summed E-state index contributed by atoms with van der Waals surface area (Å²) in [6, 6.07) is 11.9. The summed E-state index contributed by atoms with van der Waals surface area (Å²) in [5.41, 5.74) is 0.356. The molecule has 0 saturated carbocycles. The van der Waals surface area contributed by atoms with Crippen LogP contribution in [0.4, 0.5) is 5.82 Å². The topological polar surface area (TPSA) is 81.4 Å². The van der Waals surface area contributed by atoms with Crippen LogP contribution < -0.4 is 15.7 Å². The third kappa shape index (κ3) is 3.27. The largest absolute Gasteiger partial charge is 0.494 e. The highest BCUT2D eigenvalue weighted by Crippen LogP contribution is 2.20. The maximum absolute atomic E-state index is 12.3. The standard InChI is InChI=1S/C18H16N2O4/c1-3-23-13-8-7-12-9-14(18(22)24-15(12)10-13)17(21)20-16-6-4-5-11(2)19-16/h4-10H,3H2,1-2H3,(H,19,20,21). The minimum absolute atomic E-state index is 0.0741. The maximum Gasteiger partial charge on any atom is 0.349 e. The number of aryl methyl sites for hydroxylation is 1. The Balaban J connectivity index is 1.94. The molecule has 3 rings (SSSR count). The number of ether oxygens (including phenoxy) is 1. The highest BCUT2D eigenvalue weighted by Gasteiger charge is 2.15. The van der Waals surface area contributed by atoms with Gasteiger partial charge in [0.2, 0.25) is 0 Å². The number of pyridine rings is 1. The summed E-state index contributed by atoms with van der Waals surface area (Å²) in [6.07, 6.45) is 0. The van der Waals surface area contributed by atoms with Gasteiger partial charge in [0.25, 0.3) is 5.91 Å². The summed E-state index contributed by atoms with van der Waals surface area (Å²) >= 11 is 0. The van der Waals surface area contributed by atoms with Crippen molar-refractivity contribution in [1.82, 2.24) is 4.98 Å². The van der Waals surface area contributed by atoms with Crippen LogP contribution in [0.3, 0.4) is 0 Å². The van der Waals surface area contributed by atoms with Crippen molar-refractivity contribution >= 4 is 22.7 Å². The quantitative estimate of drug-likeness (QED) is 0.746. The van der Waals surface area contributed by atoms with E-state index in [2.05, 4.69) is 10.3 Å². The molecule has 2 aromatic heterocycles. The lowest BCUT2D eigenvalue weighted by Gasteiger charge is -2.06. The van der Waals surface area contributed by atoms with Crippen LogP contribution in [0.25, 0.3) is 11.0 Å². The van der Waals surface area contributed by atoms with Crippen molar-refractivity contribution in [1.29, 1.82) is 0 Å². The number of rotatable bonds is 4. The molecule has 1 N–H and O–H groups in total. The van der Waals surface area contributed by atoms with E-state index in [9.17, 15) is 9.59 Å². The van der Waals surface area contributed by atoms with Gasteiger partial charge in [0.15, 0.2) is 0 Å². The molecule has 0 radical (unpaired) electrons. The Morgan fingerprint density at radius 1 is 1.25 bits per heavy atom. The van der Waals surface area contributed by atoms with E-state index in [4.69, 9.17) is 9.15 Å². The minimum atomic E-state index is -0.707. The molecule has 0 aliphatic carbocycles. The molecule has 0 fully saturated rings. The Morgan fingerprint density at radius 3 is 2.83 bits per heavy atom. The van der Waals surface area contributed by atoms with Crippen LogP contribution in [0.2, 0.25) is 0 Å². The normalized spacial score (nSPS) is 10.6. The van der Waals surface area contributed by atoms with Gasteiger partial charge in [-0.25, -0.2) is 9.78 Å². The first-order valence-corrected chi connectivity index (χ1v) is 7.52. The van der Waals surface area contributed by atoms with E-state index in [1.54, 1.807) is 30.3 Å². The van der Waals surface area contributed by atoms with Crippen LogP contribution >= 0.6 is 0 Å². The second-order valence-electron chi connectivity index (χ2n) is 5.20. The zero-order valence-corrected chi connectivity index (χ0v) is 13.3. The maximum atomic E-state index is 12.3. The van der Waals surface area contributed by atoms with Crippen LogP contribution in [0.5, 0.6) is 5.75 Å². The molecule has 0 atom stereocenters. The second-order valence-corrected chi connectivity index (χ2v) is 5.20. The molecular weight excluding hydrogens is 308 g/mol. The lowest BCUT2D eigenvalue weighted by Crippen LogP contribution is -2.21. The van der Waals surface area contributed by atoms with E-state index in [0.717, 1.165) is 5.69 Å². The molecule has 0 aliphatic rings. The van der Waals surface area contributed by atoms with E-state index >= 15 is 0 Å². The molecule has 6 heteroatoms. The number of aromatic nitrogens is 1. The third-order valence-corrected chi connectivity index (χ3v) is 3.39. The fourth-order valence-electron chi connectivity index (χ4n) is 2.30. The van der Waals surface area contributed by atoms with Gasteiger partial charge in [0.05, 0.1) is 6.61 Å². The van der Waals surface area contributed by atoms with Gasteiger partial charge < -0.3 is 14.5 Å². The first kappa shape index (κ1) is 15.7. The van der Waals surface area contributed by atoms with Gasteiger partial charge in [-0.1, -0.05) is 6.07 Å². The third-order valence-electron chi connectivity index (χ3n) is 3.39.